The first-order valence-corrected chi connectivity index (χ1v) is 8.65. The molecule has 0 radical (unpaired) electrons. The van der Waals surface area contributed by atoms with E-state index in [0.29, 0.717) is 0 Å². The Morgan fingerprint density at radius 1 is 1.19 bits per heavy atom. The molecule has 1 fully saturated rings. The Bertz CT molecular complexity index is 460. The van der Waals surface area contributed by atoms with Gasteiger partial charge in [0, 0.05) is 30.4 Å². The number of nitrogens with one attached hydrogen (secondary N) is 1. The van der Waals surface area contributed by atoms with Crippen LogP contribution in [-0.4, -0.2) is 40.5 Å². The molecule has 1 aromatic rings. The van der Waals surface area contributed by atoms with Crippen molar-refractivity contribution in [1.82, 2.24) is 14.9 Å². The van der Waals surface area contributed by atoms with Gasteiger partial charge >= 0.3 is 0 Å². The molecule has 1 aliphatic heterocycles. The minimum atomic E-state index is 0.769. The number of aromatic nitrogens is 2. The summed E-state index contributed by atoms with van der Waals surface area (Å²) in [6.07, 6.45) is 11.9. The van der Waals surface area contributed by atoms with Gasteiger partial charge in [-0.15, -0.1) is 0 Å². The van der Waals surface area contributed by atoms with Crippen molar-refractivity contribution in [3.05, 3.63) is 17.6 Å². The summed E-state index contributed by atoms with van der Waals surface area (Å²) in [6, 6.07) is 0.769. The lowest BCUT2D eigenvalue weighted by Gasteiger charge is -2.33. The van der Waals surface area contributed by atoms with Crippen LogP contribution in [0.1, 0.15) is 56.7 Å². The largest absolute Gasteiger partial charge is 0.370 e. The predicted octanol–water partition coefficient (Wildman–Crippen LogP) is 3.03. The average Bonchev–Trinajstić information content (AvgIpc) is 2.53. The molecule has 4 nitrogen and oxygen atoms in total. The van der Waals surface area contributed by atoms with E-state index in [-0.39, 0.29) is 0 Å². The molecule has 2 heterocycles. The van der Waals surface area contributed by atoms with Crippen molar-refractivity contribution in [3.8, 4) is 0 Å². The molecule has 1 aromatic heterocycles. The van der Waals surface area contributed by atoms with E-state index in [1.807, 2.05) is 0 Å². The molecule has 0 aromatic carbocycles. The van der Waals surface area contributed by atoms with Crippen LogP contribution < -0.4 is 5.32 Å². The van der Waals surface area contributed by atoms with Crippen LogP contribution in [-0.2, 0) is 12.8 Å². The van der Waals surface area contributed by atoms with Crippen LogP contribution in [0.2, 0.25) is 0 Å². The zero-order chi connectivity index (χ0) is 14.5. The van der Waals surface area contributed by atoms with Crippen molar-refractivity contribution in [2.75, 3.05) is 25.0 Å². The van der Waals surface area contributed by atoms with Gasteiger partial charge in [-0.3, -0.25) is 0 Å². The molecule has 0 saturated carbocycles. The Morgan fingerprint density at radius 2 is 2.10 bits per heavy atom. The molecule has 2 aliphatic rings. The number of hydrogen-bond donors (Lipinski definition) is 1. The molecule has 1 atom stereocenters. The van der Waals surface area contributed by atoms with Crippen molar-refractivity contribution >= 4 is 5.82 Å². The van der Waals surface area contributed by atoms with E-state index in [1.165, 1.54) is 62.9 Å². The number of rotatable bonds is 5. The van der Waals surface area contributed by atoms with Crippen LogP contribution >= 0.6 is 0 Å². The molecule has 1 aliphatic carbocycles. The van der Waals surface area contributed by atoms with Gasteiger partial charge in [0.2, 0.25) is 0 Å². The van der Waals surface area contributed by atoms with Gasteiger partial charge in [0.05, 0.1) is 0 Å². The second-order valence-corrected chi connectivity index (χ2v) is 6.52. The maximum Gasteiger partial charge on any atom is 0.132 e. The highest BCUT2D eigenvalue weighted by Gasteiger charge is 2.18. The van der Waals surface area contributed by atoms with E-state index in [2.05, 4.69) is 27.1 Å². The van der Waals surface area contributed by atoms with Crippen LogP contribution in [0, 0.1) is 0 Å². The Morgan fingerprint density at radius 3 is 3.00 bits per heavy atom. The molecule has 1 unspecified atom stereocenters. The smallest absolute Gasteiger partial charge is 0.132 e. The molecule has 0 spiro atoms. The van der Waals surface area contributed by atoms with E-state index < -0.39 is 0 Å². The van der Waals surface area contributed by atoms with Gasteiger partial charge in [0.15, 0.2) is 0 Å². The van der Waals surface area contributed by atoms with Crippen molar-refractivity contribution < 1.29 is 0 Å². The monoisotopic (exact) mass is 288 g/mol. The third-order valence-electron chi connectivity index (χ3n) is 4.98. The molecule has 0 amide bonds. The number of likely N-dealkylation sites (tertiary alicyclic amines) is 1. The lowest BCUT2D eigenvalue weighted by molar-refractivity contribution is 0.160. The van der Waals surface area contributed by atoms with Gasteiger partial charge in [-0.1, -0.05) is 6.42 Å². The Labute approximate surface area is 128 Å². The van der Waals surface area contributed by atoms with Gasteiger partial charge in [-0.2, -0.15) is 0 Å². The molecule has 21 heavy (non-hydrogen) atoms. The summed E-state index contributed by atoms with van der Waals surface area (Å²) in [4.78, 5) is 11.5. The van der Waals surface area contributed by atoms with Gasteiger partial charge in [0.1, 0.15) is 12.1 Å². The predicted molar refractivity (Wildman–Crippen MR) is 86.7 cm³/mol. The second kappa shape index (κ2) is 7.21. The van der Waals surface area contributed by atoms with Crippen LogP contribution in [0.25, 0.3) is 0 Å². The lowest BCUT2D eigenvalue weighted by Crippen LogP contribution is -2.38. The fourth-order valence-corrected chi connectivity index (χ4v) is 3.65. The van der Waals surface area contributed by atoms with Crippen LogP contribution in [0.15, 0.2) is 6.33 Å². The minimum absolute atomic E-state index is 0.769. The van der Waals surface area contributed by atoms with Gasteiger partial charge < -0.3 is 10.2 Å². The van der Waals surface area contributed by atoms with Crippen molar-refractivity contribution in [3.63, 3.8) is 0 Å². The van der Waals surface area contributed by atoms with E-state index >= 15 is 0 Å². The Balaban J connectivity index is 1.47. The number of piperidine rings is 1. The number of nitrogens with zero attached hydrogens (tertiary/aromatic N) is 3. The zero-order valence-electron chi connectivity index (χ0n) is 13.3. The number of anilines is 1. The van der Waals surface area contributed by atoms with Gasteiger partial charge in [0.25, 0.3) is 0 Å². The fraction of sp³-hybridized carbons (Fsp3) is 0.765. The van der Waals surface area contributed by atoms with E-state index in [4.69, 9.17) is 0 Å². The molecule has 116 valence electrons. The van der Waals surface area contributed by atoms with E-state index in [9.17, 15) is 0 Å². The summed E-state index contributed by atoms with van der Waals surface area (Å²) in [7, 11) is 0. The third kappa shape index (κ3) is 3.73. The molecule has 1 saturated heterocycles. The molecular formula is C17H28N4. The zero-order valence-corrected chi connectivity index (χ0v) is 13.3. The van der Waals surface area contributed by atoms with Crippen LogP contribution in [0.4, 0.5) is 5.82 Å². The topological polar surface area (TPSA) is 41.0 Å². The highest BCUT2D eigenvalue weighted by atomic mass is 15.2. The molecule has 3 rings (SSSR count). The van der Waals surface area contributed by atoms with Crippen molar-refractivity contribution in [2.45, 2.75) is 64.3 Å². The van der Waals surface area contributed by atoms with Crippen molar-refractivity contribution in [2.24, 2.45) is 0 Å². The average molecular weight is 288 g/mol. The highest BCUT2D eigenvalue weighted by molar-refractivity contribution is 5.46. The number of hydrogen-bond acceptors (Lipinski definition) is 4. The molecular weight excluding hydrogens is 260 g/mol. The molecule has 0 bridgehead atoms. The van der Waals surface area contributed by atoms with Gasteiger partial charge in [-0.05, 0) is 58.4 Å². The molecule has 4 heteroatoms. The summed E-state index contributed by atoms with van der Waals surface area (Å²) in [6.45, 7) is 5.88. The number of aryl methyl sites for hydroxylation is 1. The van der Waals surface area contributed by atoms with E-state index in [0.717, 1.165) is 31.2 Å². The summed E-state index contributed by atoms with van der Waals surface area (Å²) < 4.78 is 0. The third-order valence-corrected chi connectivity index (χ3v) is 4.98. The minimum Gasteiger partial charge on any atom is -0.370 e. The first-order chi connectivity index (χ1) is 10.3. The maximum atomic E-state index is 4.46. The maximum absolute atomic E-state index is 4.46. The Hall–Kier alpha value is -1.16. The Kier molecular flexibility index (Phi) is 5.07. The normalized spacial score (nSPS) is 22.8. The SMILES string of the molecule is CC1CCCCN1CCCNc1ncnc2c1CCCC2. The summed E-state index contributed by atoms with van der Waals surface area (Å²) in [5.41, 5.74) is 2.64. The van der Waals surface area contributed by atoms with Crippen LogP contribution in [0.5, 0.6) is 0 Å². The summed E-state index contributed by atoms with van der Waals surface area (Å²) in [5, 5.41) is 3.55. The van der Waals surface area contributed by atoms with Gasteiger partial charge in [-0.25, -0.2) is 9.97 Å². The van der Waals surface area contributed by atoms with E-state index in [1.54, 1.807) is 6.33 Å². The quantitative estimate of drug-likeness (QED) is 0.846. The first-order valence-electron chi connectivity index (χ1n) is 8.65. The molecule has 1 N–H and O–H groups in total. The van der Waals surface area contributed by atoms with Crippen molar-refractivity contribution in [1.29, 1.82) is 0 Å². The standard InChI is InChI=1S/C17H28N4/c1-14-7-4-5-11-21(14)12-6-10-18-17-15-8-2-3-9-16(15)19-13-20-17/h13-14H,2-12H2,1H3,(H,18,19,20). The van der Waals surface area contributed by atoms with Crippen LogP contribution in [0.3, 0.4) is 0 Å². The highest BCUT2D eigenvalue weighted by Crippen LogP contribution is 2.24. The summed E-state index contributed by atoms with van der Waals surface area (Å²) in [5.74, 6) is 1.09. The fourth-order valence-electron chi connectivity index (χ4n) is 3.65. The number of fused-ring (bicyclic) bond motifs is 1. The first kappa shape index (κ1) is 14.8. The lowest BCUT2D eigenvalue weighted by atomic mass is 9.96. The summed E-state index contributed by atoms with van der Waals surface area (Å²) >= 11 is 0. The second-order valence-electron chi connectivity index (χ2n) is 6.52.